The monoisotopic (exact) mass is 127 g/mol. The molecule has 0 fully saturated rings. The third kappa shape index (κ3) is 0.842. The summed E-state index contributed by atoms with van der Waals surface area (Å²) in [6, 6.07) is 0. The molecule has 1 nitrogen and oxygen atoms in total. The standard InChI is InChI=1S/C6H9NS/c1-5-3-8-4-6(5)7-2/h3-4,7H,1-2H3. The van der Waals surface area contributed by atoms with E-state index in [1.807, 2.05) is 7.05 Å². The first-order valence-corrected chi connectivity index (χ1v) is 3.49. The van der Waals surface area contributed by atoms with Crippen molar-refractivity contribution in [3.8, 4) is 0 Å². The maximum atomic E-state index is 3.09. The zero-order chi connectivity index (χ0) is 5.98. The highest BCUT2D eigenvalue weighted by Crippen LogP contribution is 2.17. The molecule has 1 N–H and O–H groups in total. The van der Waals surface area contributed by atoms with Gasteiger partial charge in [-0.05, 0) is 17.9 Å². The van der Waals surface area contributed by atoms with Gasteiger partial charge < -0.3 is 5.32 Å². The van der Waals surface area contributed by atoms with Crippen molar-refractivity contribution in [1.82, 2.24) is 0 Å². The van der Waals surface area contributed by atoms with Gasteiger partial charge in [0, 0.05) is 18.1 Å². The number of aryl methyl sites for hydroxylation is 1. The van der Waals surface area contributed by atoms with Gasteiger partial charge in [0.25, 0.3) is 0 Å². The molecule has 0 aliphatic rings. The van der Waals surface area contributed by atoms with Gasteiger partial charge in [-0.15, -0.1) is 11.3 Å². The second-order valence-corrected chi connectivity index (χ2v) is 2.46. The lowest BCUT2D eigenvalue weighted by molar-refractivity contribution is 1.46. The van der Waals surface area contributed by atoms with Crippen LogP contribution in [0.4, 0.5) is 5.69 Å². The largest absolute Gasteiger partial charge is 0.387 e. The first-order valence-electron chi connectivity index (χ1n) is 2.55. The van der Waals surface area contributed by atoms with E-state index in [0.29, 0.717) is 0 Å². The van der Waals surface area contributed by atoms with Crippen LogP contribution in [0.3, 0.4) is 0 Å². The molecule has 0 bridgehead atoms. The van der Waals surface area contributed by atoms with E-state index in [0.717, 1.165) is 0 Å². The van der Waals surface area contributed by atoms with Crippen LogP contribution in [0.1, 0.15) is 5.56 Å². The molecule has 0 aromatic carbocycles. The van der Waals surface area contributed by atoms with Crippen molar-refractivity contribution in [2.45, 2.75) is 6.92 Å². The molecular weight excluding hydrogens is 118 g/mol. The molecule has 8 heavy (non-hydrogen) atoms. The van der Waals surface area contributed by atoms with E-state index in [9.17, 15) is 0 Å². The summed E-state index contributed by atoms with van der Waals surface area (Å²) in [5, 5.41) is 7.32. The Kier molecular flexibility index (Phi) is 1.53. The fraction of sp³-hybridized carbons (Fsp3) is 0.333. The first kappa shape index (κ1) is 5.63. The van der Waals surface area contributed by atoms with Crippen molar-refractivity contribution in [2.24, 2.45) is 0 Å². The Bertz CT molecular complexity index is 169. The van der Waals surface area contributed by atoms with E-state index in [1.54, 1.807) is 11.3 Å². The van der Waals surface area contributed by atoms with Crippen LogP contribution in [0.5, 0.6) is 0 Å². The molecule has 0 spiro atoms. The van der Waals surface area contributed by atoms with Crippen molar-refractivity contribution < 1.29 is 0 Å². The summed E-state index contributed by atoms with van der Waals surface area (Å²) in [6.45, 7) is 2.10. The Labute approximate surface area is 53.4 Å². The van der Waals surface area contributed by atoms with Gasteiger partial charge in [0.2, 0.25) is 0 Å². The fourth-order valence-electron chi connectivity index (χ4n) is 0.617. The molecule has 1 aromatic heterocycles. The Hall–Kier alpha value is -0.500. The first-order chi connectivity index (χ1) is 3.84. The van der Waals surface area contributed by atoms with Crippen LogP contribution >= 0.6 is 11.3 Å². The van der Waals surface area contributed by atoms with Crippen molar-refractivity contribution in [1.29, 1.82) is 0 Å². The van der Waals surface area contributed by atoms with Gasteiger partial charge in [0.1, 0.15) is 0 Å². The Balaban J connectivity index is 2.92. The normalized spacial score (nSPS) is 9.25. The molecule has 0 unspecified atom stereocenters. The van der Waals surface area contributed by atoms with Gasteiger partial charge in [-0.1, -0.05) is 0 Å². The molecule has 0 aliphatic heterocycles. The summed E-state index contributed by atoms with van der Waals surface area (Å²) >= 11 is 1.73. The quantitative estimate of drug-likeness (QED) is 0.609. The van der Waals surface area contributed by atoms with Gasteiger partial charge in [0.15, 0.2) is 0 Å². The minimum Gasteiger partial charge on any atom is -0.387 e. The predicted molar refractivity (Wildman–Crippen MR) is 38.6 cm³/mol. The predicted octanol–water partition coefficient (Wildman–Crippen LogP) is 2.10. The summed E-state index contributed by atoms with van der Waals surface area (Å²) in [6.07, 6.45) is 0. The van der Waals surface area contributed by atoms with Gasteiger partial charge >= 0.3 is 0 Å². The van der Waals surface area contributed by atoms with Crippen molar-refractivity contribution >= 4 is 17.0 Å². The minimum absolute atomic E-state index is 1.25. The van der Waals surface area contributed by atoms with Crippen LogP contribution in [0.25, 0.3) is 0 Å². The molecule has 0 atom stereocenters. The molecule has 0 aliphatic carbocycles. The smallest absolute Gasteiger partial charge is 0.0475 e. The van der Waals surface area contributed by atoms with Crippen LogP contribution in [0.2, 0.25) is 0 Å². The second kappa shape index (κ2) is 2.18. The van der Waals surface area contributed by atoms with Crippen molar-refractivity contribution in [3.05, 3.63) is 16.3 Å². The maximum Gasteiger partial charge on any atom is 0.0475 e. The number of hydrogen-bond donors (Lipinski definition) is 1. The number of hydrogen-bond acceptors (Lipinski definition) is 2. The van der Waals surface area contributed by atoms with Crippen molar-refractivity contribution in [3.63, 3.8) is 0 Å². The lowest BCUT2D eigenvalue weighted by Crippen LogP contribution is -1.85. The number of thiophene rings is 1. The average Bonchev–Trinajstić information content (AvgIpc) is 2.14. The molecule has 1 heterocycles. The zero-order valence-corrected chi connectivity index (χ0v) is 5.88. The molecule has 1 aromatic rings. The minimum atomic E-state index is 1.25. The lowest BCUT2D eigenvalue weighted by atomic mass is 10.3. The van der Waals surface area contributed by atoms with Crippen molar-refractivity contribution in [2.75, 3.05) is 12.4 Å². The molecule has 0 saturated heterocycles. The van der Waals surface area contributed by atoms with E-state index in [2.05, 4.69) is 23.0 Å². The molecule has 44 valence electrons. The summed E-state index contributed by atoms with van der Waals surface area (Å²) in [7, 11) is 1.94. The topological polar surface area (TPSA) is 12.0 Å². The van der Waals surface area contributed by atoms with E-state index in [4.69, 9.17) is 0 Å². The van der Waals surface area contributed by atoms with Gasteiger partial charge in [-0.25, -0.2) is 0 Å². The number of nitrogens with one attached hydrogen (secondary N) is 1. The maximum absolute atomic E-state index is 3.09. The second-order valence-electron chi connectivity index (χ2n) is 1.72. The molecule has 0 radical (unpaired) electrons. The van der Waals surface area contributed by atoms with E-state index >= 15 is 0 Å². The average molecular weight is 127 g/mol. The Morgan fingerprint density at radius 1 is 1.50 bits per heavy atom. The number of rotatable bonds is 1. The summed E-state index contributed by atoms with van der Waals surface area (Å²) in [4.78, 5) is 0. The van der Waals surface area contributed by atoms with Crippen LogP contribution in [0.15, 0.2) is 10.8 Å². The Morgan fingerprint density at radius 2 is 2.25 bits per heavy atom. The SMILES string of the molecule is CNc1cscc1C. The number of anilines is 1. The van der Waals surface area contributed by atoms with Crippen LogP contribution < -0.4 is 5.32 Å². The van der Waals surface area contributed by atoms with E-state index in [-0.39, 0.29) is 0 Å². The lowest BCUT2D eigenvalue weighted by Gasteiger charge is -1.93. The van der Waals surface area contributed by atoms with Crippen LogP contribution in [-0.4, -0.2) is 7.05 Å². The van der Waals surface area contributed by atoms with Crippen LogP contribution in [0, 0.1) is 6.92 Å². The third-order valence-corrected chi connectivity index (χ3v) is 1.99. The molecule has 2 heteroatoms. The van der Waals surface area contributed by atoms with Gasteiger partial charge in [0.05, 0.1) is 0 Å². The molecule has 1 rings (SSSR count). The van der Waals surface area contributed by atoms with E-state index < -0.39 is 0 Å². The fourth-order valence-corrected chi connectivity index (χ4v) is 1.46. The summed E-state index contributed by atoms with van der Waals surface area (Å²) < 4.78 is 0. The third-order valence-electron chi connectivity index (χ3n) is 1.12. The summed E-state index contributed by atoms with van der Waals surface area (Å²) in [5.74, 6) is 0. The molecule has 0 amide bonds. The molecular formula is C6H9NS. The zero-order valence-electron chi connectivity index (χ0n) is 5.06. The van der Waals surface area contributed by atoms with Gasteiger partial charge in [-0.2, -0.15) is 0 Å². The van der Waals surface area contributed by atoms with Gasteiger partial charge in [-0.3, -0.25) is 0 Å². The highest BCUT2D eigenvalue weighted by atomic mass is 32.1. The van der Waals surface area contributed by atoms with E-state index in [1.165, 1.54) is 11.3 Å². The van der Waals surface area contributed by atoms with Crippen LogP contribution in [-0.2, 0) is 0 Å². The summed E-state index contributed by atoms with van der Waals surface area (Å²) in [5.41, 5.74) is 2.58. The highest BCUT2D eigenvalue weighted by Gasteiger charge is 1.91. The highest BCUT2D eigenvalue weighted by molar-refractivity contribution is 7.08. The Morgan fingerprint density at radius 3 is 2.50 bits per heavy atom. The molecule has 0 saturated carbocycles.